The Kier molecular flexibility index (Phi) is 4.48. The van der Waals surface area contributed by atoms with Crippen LogP contribution in [0.15, 0.2) is 29.2 Å². The standard InChI is InChI=1S/C13H17ClFNO2S/c1-16(12-8-4-2-6-10(12)14)19(17,18)13-9-5-3-7-11(13)15/h3,5,7,9-10,12H,2,4,6,8H2,1H3. The van der Waals surface area contributed by atoms with Crippen LogP contribution in [-0.4, -0.2) is 31.2 Å². The van der Waals surface area contributed by atoms with Crippen molar-refractivity contribution < 1.29 is 12.8 Å². The van der Waals surface area contributed by atoms with E-state index in [0.717, 1.165) is 31.7 Å². The van der Waals surface area contributed by atoms with Crippen molar-refractivity contribution in [1.82, 2.24) is 4.31 Å². The van der Waals surface area contributed by atoms with Crippen LogP contribution in [-0.2, 0) is 10.0 Å². The van der Waals surface area contributed by atoms with Gasteiger partial charge in [0, 0.05) is 13.1 Å². The van der Waals surface area contributed by atoms with Crippen molar-refractivity contribution in [2.24, 2.45) is 0 Å². The highest BCUT2D eigenvalue weighted by atomic mass is 35.5. The quantitative estimate of drug-likeness (QED) is 0.805. The zero-order chi connectivity index (χ0) is 14.0. The van der Waals surface area contributed by atoms with Gasteiger partial charge >= 0.3 is 0 Å². The average Bonchev–Trinajstić information content (AvgIpc) is 2.39. The Labute approximate surface area is 118 Å². The van der Waals surface area contributed by atoms with Gasteiger partial charge in [-0.1, -0.05) is 25.0 Å². The van der Waals surface area contributed by atoms with Gasteiger partial charge in [0.1, 0.15) is 10.7 Å². The largest absolute Gasteiger partial charge is 0.246 e. The molecule has 19 heavy (non-hydrogen) atoms. The molecule has 0 heterocycles. The van der Waals surface area contributed by atoms with Crippen molar-refractivity contribution in [3.8, 4) is 0 Å². The molecule has 1 aromatic carbocycles. The Balaban J connectivity index is 2.31. The highest BCUT2D eigenvalue weighted by Crippen LogP contribution is 2.30. The monoisotopic (exact) mass is 305 g/mol. The predicted octanol–water partition coefficient (Wildman–Crippen LogP) is 3.00. The van der Waals surface area contributed by atoms with Gasteiger partial charge in [0.25, 0.3) is 0 Å². The van der Waals surface area contributed by atoms with Gasteiger partial charge in [0.15, 0.2) is 0 Å². The predicted molar refractivity (Wildman–Crippen MR) is 73.2 cm³/mol. The van der Waals surface area contributed by atoms with E-state index >= 15 is 0 Å². The molecule has 0 bridgehead atoms. The summed E-state index contributed by atoms with van der Waals surface area (Å²) >= 11 is 6.21. The van der Waals surface area contributed by atoms with Crippen molar-refractivity contribution in [3.05, 3.63) is 30.1 Å². The van der Waals surface area contributed by atoms with Crippen LogP contribution in [0.5, 0.6) is 0 Å². The second-order valence-corrected chi connectivity index (χ2v) is 7.35. The van der Waals surface area contributed by atoms with Crippen LogP contribution in [0.1, 0.15) is 25.7 Å². The fraction of sp³-hybridized carbons (Fsp3) is 0.538. The van der Waals surface area contributed by atoms with Gasteiger partial charge < -0.3 is 0 Å². The molecule has 1 saturated carbocycles. The van der Waals surface area contributed by atoms with E-state index in [2.05, 4.69) is 0 Å². The van der Waals surface area contributed by atoms with Crippen LogP contribution in [0.2, 0.25) is 0 Å². The lowest BCUT2D eigenvalue weighted by Crippen LogP contribution is -2.44. The minimum Gasteiger partial charge on any atom is -0.207 e. The van der Waals surface area contributed by atoms with Crippen LogP contribution in [0.4, 0.5) is 4.39 Å². The molecule has 2 unspecified atom stereocenters. The van der Waals surface area contributed by atoms with Crippen molar-refractivity contribution in [1.29, 1.82) is 0 Å². The van der Waals surface area contributed by atoms with Crippen LogP contribution in [0.3, 0.4) is 0 Å². The molecule has 1 fully saturated rings. The number of nitrogens with zero attached hydrogens (tertiary/aromatic N) is 1. The summed E-state index contributed by atoms with van der Waals surface area (Å²) in [6.45, 7) is 0. The van der Waals surface area contributed by atoms with Gasteiger partial charge in [-0.05, 0) is 25.0 Å². The van der Waals surface area contributed by atoms with Crippen molar-refractivity contribution >= 4 is 21.6 Å². The second kappa shape index (κ2) is 5.77. The summed E-state index contributed by atoms with van der Waals surface area (Å²) in [7, 11) is -2.35. The molecule has 0 aromatic heterocycles. The Morgan fingerprint density at radius 1 is 1.26 bits per heavy atom. The maximum absolute atomic E-state index is 13.7. The molecule has 2 rings (SSSR count). The minimum absolute atomic E-state index is 0.208. The lowest BCUT2D eigenvalue weighted by Gasteiger charge is -2.34. The zero-order valence-corrected chi connectivity index (χ0v) is 12.3. The zero-order valence-electron chi connectivity index (χ0n) is 10.7. The van der Waals surface area contributed by atoms with Gasteiger partial charge in [-0.15, -0.1) is 11.6 Å². The highest BCUT2D eigenvalue weighted by molar-refractivity contribution is 7.89. The summed E-state index contributed by atoms with van der Waals surface area (Å²) in [5, 5.41) is -0.208. The Hall–Kier alpha value is -0.650. The van der Waals surface area contributed by atoms with Crippen LogP contribution >= 0.6 is 11.6 Å². The molecular weight excluding hydrogens is 289 g/mol. The van der Waals surface area contributed by atoms with Crippen LogP contribution < -0.4 is 0 Å². The average molecular weight is 306 g/mol. The van der Waals surface area contributed by atoms with E-state index < -0.39 is 15.8 Å². The van der Waals surface area contributed by atoms with E-state index in [1.54, 1.807) is 0 Å². The van der Waals surface area contributed by atoms with Gasteiger partial charge in [-0.2, -0.15) is 4.31 Å². The number of rotatable bonds is 3. The van der Waals surface area contributed by atoms with E-state index in [-0.39, 0.29) is 16.3 Å². The SMILES string of the molecule is CN(C1CCCCC1Cl)S(=O)(=O)c1ccccc1F. The van der Waals surface area contributed by atoms with Crippen LogP contribution in [0.25, 0.3) is 0 Å². The first-order chi connectivity index (χ1) is 8.94. The van der Waals surface area contributed by atoms with Gasteiger partial charge in [0.05, 0.1) is 5.38 Å². The number of hydrogen-bond donors (Lipinski definition) is 0. The topological polar surface area (TPSA) is 37.4 Å². The molecule has 3 nitrogen and oxygen atoms in total. The third-order valence-electron chi connectivity index (χ3n) is 3.61. The van der Waals surface area contributed by atoms with Gasteiger partial charge in [-0.25, -0.2) is 12.8 Å². The summed E-state index contributed by atoms with van der Waals surface area (Å²) in [4.78, 5) is -0.285. The summed E-state index contributed by atoms with van der Waals surface area (Å²) in [5.74, 6) is -0.726. The summed E-state index contributed by atoms with van der Waals surface area (Å²) in [6, 6.07) is 5.16. The smallest absolute Gasteiger partial charge is 0.207 e. The molecule has 1 aromatic rings. The maximum Gasteiger partial charge on any atom is 0.246 e. The molecule has 6 heteroatoms. The Morgan fingerprint density at radius 2 is 1.89 bits per heavy atom. The first-order valence-electron chi connectivity index (χ1n) is 6.31. The van der Waals surface area contributed by atoms with Crippen LogP contribution in [0, 0.1) is 5.82 Å². The van der Waals surface area contributed by atoms with E-state index in [1.165, 1.54) is 29.6 Å². The molecule has 106 valence electrons. The molecule has 0 amide bonds. The number of benzene rings is 1. The minimum atomic E-state index is -3.83. The molecule has 0 radical (unpaired) electrons. The number of halogens is 2. The third-order valence-corrected chi connectivity index (χ3v) is 6.03. The fourth-order valence-electron chi connectivity index (χ4n) is 2.46. The summed E-state index contributed by atoms with van der Waals surface area (Å²) < 4.78 is 39.7. The first kappa shape index (κ1) is 14.8. The normalized spacial score (nSPS) is 24.6. The van der Waals surface area contributed by atoms with Gasteiger partial charge in [-0.3, -0.25) is 0 Å². The van der Waals surface area contributed by atoms with E-state index in [0.29, 0.717) is 0 Å². The third kappa shape index (κ3) is 2.93. The molecule has 0 saturated heterocycles. The second-order valence-electron chi connectivity index (χ2n) is 4.82. The number of hydrogen-bond acceptors (Lipinski definition) is 2. The number of sulfonamides is 1. The molecule has 1 aliphatic rings. The summed E-state index contributed by atoms with van der Waals surface area (Å²) in [5.41, 5.74) is 0. The Bertz CT molecular complexity index is 549. The maximum atomic E-state index is 13.7. The van der Waals surface area contributed by atoms with Gasteiger partial charge in [0.2, 0.25) is 10.0 Å². The molecule has 1 aliphatic carbocycles. The molecule has 0 aliphatic heterocycles. The van der Waals surface area contributed by atoms with Crippen molar-refractivity contribution in [2.75, 3.05) is 7.05 Å². The lowest BCUT2D eigenvalue weighted by molar-refractivity contribution is 0.290. The molecule has 2 atom stereocenters. The van der Waals surface area contributed by atoms with E-state index in [4.69, 9.17) is 11.6 Å². The summed E-state index contributed by atoms with van der Waals surface area (Å²) in [6.07, 6.45) is 3.48. The molecule has 0 spiro atoms. The van der Waals surface area contributed by atoms with E-state index in [1.807, 2.05) is 0 Å². The van der Waals surface area contributed by atoms with Crippen molar-refractivity contribution in [2.45, 2.75) is 42.0 Å². The fourth-order valence-corrected chi connectivity index (χ4v) is 4.46. The highest BCUT2D eigenvalue weighted by Gasteiger charge is 2.35. The van der Waals surface area contributed by atoms with E-state index in [9.17, 15) is 12.8 Å². The molecular formula is C13H17ClFNO2S. The lowest BCUT2D eigenvalue weighted by atomic mass is 9.95. The Morgan fingerprint density at radius 3 is 2.53 bits per heavy atom. The number of alkyl halides is 1. The van der Waals surface area contributed by atoms with Crippen molar-refractivity contribution in [3.63, 3.8) is 0 Å². The molecule has 0 N–H and O–H groups in total. The first-order valence-corrected chi connectivity index (χ1v) is 8.19.